The second-order valence-corrected chi connectivity index (χ2v) is 8.62. The van der Waals surface area contributed by atoms with E-state index in [9.17, 15) is 9.59 Å². The minimum absolute atomic E-state index is 0.386. The smallest absolute Gasteiger partial charge is 0.267 e. The van der Waals surface area contributed by atoms with Crippen LogP contribution in [0.2, 0.25) is 5.02 Å². The molecule has 0 spiro atoms. The van der Waals surface area contributed by atoms with E-state index in [0.29, 0.717) is 22.7 Å². The predicted molar refractivity (Wildman–Crippen MR) is 128 cm³/mol. The third kappa shape index (κ3) is 6.44. The summed E-state index contributed by atoms with van der Waals surface area (Å²) >= 11 is 7.59. The molecule has 0 unspecified atom stereocenters. The first-order valence-electron chi connectivity index (χ1n) is 10.1. The van der Waals surface area contributed by atoms with E-state index < -0.39 is 5.91 Å². The molecule has 4 aromatic rings. The summed E-state index contributed by atoms with van der Waals surface area (Å²) in [6.45, 7) is 0.562. The molecule has 3 aromatic carbocycles. The van der Waals surface area contributed by atoms with E-state index in [2.05, 4.69) is 20.9 Å². The number of aromatic nitrogens is 3. The number of thioether (sulfide) groups is 1. The van der Waals surface area contributed by atoms with E-state index in [1.807, 2.05) is 48.5 Å². The maximum Gasteiger partial charge on any atom is 0.269 e. The van der Waals surface area contributed by atoms with Gasteiger partial charge in [0.25, 0.3) is 11.8 Å². The number of rotatable bonds is 7. The predicted octanol–water partition coefficient (Wildman–Crippen LogP) is 4.35. The summed E-state index contributed by atoms with van der Waals surface area (Å²) in [4.78, 5) is 29.7. The lowest BCUT2D eigenvalue weighted by Gasteiger charge is -2.09. The number of halogens is 1. The summed E-state index contributed by atoms with van der Waals surface area (Å²) < 4.78 is 1.69. The van der Waals surface area contributed by atoms with Crippen molar-refractivity contribution in [3.63, 3.8) is 0 Å². The van der Waals surface area contributed by atoms with E-state index >= 15 is 0 Å². The summed E-state index contributed by atoms with van der Waals surface area (Å²) in [5.74, 6) is -0.0117. The van der Waals surface area contributed by atoms with Crippen molar-refractivity contribution in [1.29, 1.82) is 0 Å². The quantitative estimate of drug-likeness (QED) is 0.305. The van der Waals surface area contributed by atoms with Crippen LogP contribution < -0.4 is 10.9 Å². The molecule has 166 valence electrons. The largest absolute Gasteiger partial charge is 0.269 e. The molecule has 2 amide bonds. The van der Waals surface area contributed by atoms with Crippen molar-refractivity contribution in [3.05, 3.63) is 113 Å². The van der Waals surface area contributed by atoms with Crippen LogP contribution in [-0.2, 0) is 12.3 Å². The van der Waals surface area contributed by atoms with Crippen LogP contribution in [-0.4, -0.2) is 26.6 Å². The summed E-state index contributed by atoms with van der Waals surface area (Å²) in [5, 5.41) is 4.76. The zero-order chi connectivity index (χ0) is 23.0. The van der Waals surface area contributed by atoms with Gasteiger partial charge in [0.05, 0.1) is 6.54 Å². The average molecular weight is 478 g/mol. The zero-order valence-corrected chi connectivity index (χ0v) is 19.0. The van der Waals surface area contributed by atoms with E-state index in [4.69, 9.17) is 11.6 Å². The molecule has 9 heteroatoms. The summed E-state index contributed by atoms with van der Waals surface area (Å²) in [6, 6.07) is 22.0. The van der Waals surface area contributed by atoms with Crippen molar-refractivity contribution in [1.82, 2.24) is 25.6 Å². The molecule has 7 nitrogen and oxygen atoms in total. The van der Waals surface area contributed by atoms with Gasteiger partial charge < -0.3 is 0 Å². The number of benzene rings is 3. The van der Waals surface area contributed by atoms with Gasteiger partial charge in [0.1, 0.15) is 12.7 Å². The molecule has 0 bridgehead atoms. The highest BCUT2D eigenvalue weighted by Crippen LogP contribution is 2.24. The number of nitrogens with one attached hydrogen (secondary N) is 2. The SMILES string of the molecule is O=C(NNC(=O)c1ccc(Cn2cncn2)cc1)c1ccc(CSc2ccc(Cl)cc2)cc1. The zero-order valence-electron chi connectivity index (χ0n) is 17.4. The van der Waals surface area contributed by atoms with Crippen LogP contribution in [0.25, 0.3) is 0 Å². The van der Waals surface area contributed by atoms with Crippen molar-refractivity contribution < 1.29 is 9.59 Å². The first-order valence-corrected chi connectivity index (χ1v) is 11.4. The highest BCUT2D eigenvalue weighted by molar-refractivity contribution is 7.98. The Kier molecular flexibility index (Phi) is 7.39. The Morgan fingerprint density at radius 2 is 1.39 bits per heavy atom. The van der Waals surface area contributed by atoms with Crippen LogP contribution in [0.4, 0.5) is 0 Å². The van der Waals surface area contributed by atoms with Gasteiger partial charge in [0, 0.05) is 26.8 Å². The van der Waals surface area contributed by atoms with Gasteiger partial charge in [-0.25, -0.2) is 9.67 Å². The summed E-state index contributed by atoms with van der Waals surface area (Å²) in [6.07, 6.45) is 3.10. The van der Waals surface area contributed by atoms with Gasteiger partial charge in [-0.15, -0.1) is 11.8 Å². The lowest BCUT2D eigenvalue weighted by molar-refractivity contribution is 0.0846. The van der Waals surface area contributed by atoms with Crippen LogP contribution >= 0.6 is 23.4 Å². The van der Waals surface area contributed by atoms with Crippen molar-refractivity contribution in [3.8, 4) is 0 Å². The van der Waals surface area contributed by atoms with E-state index in [1.165, 1.54) is 6.33 Å². The van der Waals surface area contributed by atoms with Gasteiger partial charge in [-0.2, -0.15) is 5.10 Å². The lowest BCUT2D eigenvalue weighted by atomic mass is 10.1. The molecule has 0 fully saturated rings. The molecule has 0 atom stereocenters. The first kappa shape index (κ1) is 22.6. The molecule has 0 saturated carbocycles. The number of carbonyl (C=O) groups is 2. The van der Waals surface area contributed by atoms with Crippen LogP contribution in [0, 0.1) is 0 Å². The van der Waals surface area contributed by atoms with Crippen LogP contribution in [0.1, 0.15) is 31.8 Å². The van der Waals surface area contributed by atoms with Gasteiger partial charge in [0.15, 0.2) is 0 Å². The number of amides is 2. The summed E-state index contributed by atoms with van der Waals surface area (Å²) in [5.41, 5.74) is 7.86. The third-order valence-corrected chi connectivity index (χ3v) is 6.09. The van der Waals surface area contributed by atoms with Crippen molar-refractivity contribution >= 4 is 35.2 Å². The second kappa shape index (κ2) is 10.8. The number of hydrogen-bond donors (Lipinski definition) is 2. The van der Waals surface area contributed by atoms with Crippen LogP contribution in [0.5, 0.6) is 0 Å². The maximum absolute atomic E-state index is 12.4. The minimum Gasteiger partial charge on any atom is -0.267 e. The molecular formula is C24H20ClN5O2S. The van der Waals surface area contributed by atoms with E-state index in [1.54, 1.807) is 47.0 Å². The molecule has 0 aliphatic carbocycles. The van der Waals surface area contributed by atoms with Gasteiger partial charge in [-0.1, -0.05) is 35.9 Å². The Labute approximate surface area is 200 Å². The Morgan fingerprint density at radius 1 is 0.818 bits per heavy atom. The Balaban J connectivity index is 1.25. The third-order valence-electron chi connectivity index (χ3n) is 4.75. The number of hydrazine groups is 1. The minimum atomic E-state index is -0.397. The molecule has 2 N–H and O–H groups in total. The molecule has 4 rings (SSSR count). The van der Waals surface area contributed by atoms with Crippen LogP contribution in [0.3, 0.4) is 0 Å². The fourth-order valence-electron chi connectivity index (χ4n) is 2.97. The highest BCUT2D eigenvalue weighted by Gasteiger charge is 2.10. The first-order chi connectivity index (χ1) is 16.1. The molecular weight excluding hydrogens is 458 g/mol. The highest BCUT2D eigenvalue weighted by atomic mass is 35.5. The molecule has 0 saturated heterocycles. The van der Waals surface area contributed by atoms with Crippen molar-refractivity contribution in [2.24, 2.45) is 0 Å². The molecule has 1 heterocycles. The van der Waals surface area contributed by atoms with Gasteiger partial charge in [-0.3, -0.25) is 20.4 Å². The van der Waals surface area contributed by atoms with Crippen molar-refractivity contribution in [2.75, 3.05) is 0 Å². The average Bonchev–Trinajstić information content (AvgIpc) is 3.36. The standard InChI is InChI=1S/C24H20ClN5O2S/c25-21-9-11-22(12-10-21)33-14-18-3-7-20(8-4-18)24(32)29-28-23(31)19-5-1-17(2-6-19)13-30-16-26-15-27-30/h1-12,15-16H,13-14H2,(H,28,31)(H,29,32). The van der Waals surface area contributed by atoms with E-state index in [-0.39, 0.29) is 5.91 Å². The fourth-order valence-corrected chi connectivity index (χ4v) is 3.95. The van der Waals surface area contributed by atoms with Gasteiger partial charge >= 0.3 is 0 Å². The Morgan fingerprint density at radius 3 is 1.94 bits per heavy atom. The lowest BCUT2D eigenvalue weighted by Crippen LogP contribution is -2.41. The maximum atomic E-state index is 12.4. The normalized spacial score (nSPS) is 10.6. The molecule has 1 aromatic heterocycles. The number of carbonyl (C=O) groups excluding carboxylic acids is 2. The Bertz CT molecular complexity index is 1210. The summed E-state index contributed by atoms with van der Waals surface area (Å²) in [7, 11) is 0. The molecule has 0 radical (unpaired) electrons. The van der Waals surface area contributed by atoms with Gasteiger partial charge in [-0.05, 0) is 59.7 Å². The molecule has 0 aliphatic rings. The second-order valence-electron chi connectivity index (χ2n) is 7.14. The topological polar surface area (TPSA) is 88.9 Å². The van der Waals surface area contributed by atoms with Crippen molar-refractivity contribution in [2.45, 2.75) is 17.2 Å². The number of hydrogen-bond acceptors (Lipinski definition) is 5. The monoisotopic (exact) mass is 477 g/mol. The van der Waals surface area contributed by atoms with Gasteiger partial charge in [0.2, 0.25) is 0 Å². The van der Waals surface area contributed by atoms with E-state index in [0.717, 1.165) is 21.8 Å². The number of nitrogens with zero attached hydrogens (tertiary/aromatic N) is 3. The van der Waals surface area contributed by atoms with Crippen LogP contribution in [0.15, 0.2) is 90.3 Å². The Hall–Kier alpha value is -3.62. The molecule has 33 heavy (non-hydrogen) atoms. The molecule has 0 aliphatic heterocycles. The fraction of sp³-hybridized carbons (Fsp3) is 0.0833.